The van der Waals surface area contributed by atoms with Gasteiger partial charge in [-0.3, -0.25) is 19.7 Å². The van der Waals surface area contributed by atoms with E-state index in [1.54, 1.807) is 0 Å². The quantitative estimate of drug-likeness (QED) is 0.506. The van der Waals surface area contributed by atoms with Crippen molar-refractivity contribution in [3.63, 3.8) is 0 Å². The van der Waals surface area contributed by atoms with E-state index in [9.17, 15) is 19.7 Å². The van der Waals surface area contributed by atoms with Crippen molar-refractivity contribution in [2.45, 2.75) is 0 Å². The molecule has 1 aliphatic rings. The Morgan fingerprint density at radius 2 is 1.43 bits per heavy atom. The molecule has 0 atom stereocenters. The molecule has 21 heavy (non-hydrogen) atoms. The van der Waals surface area contributed by atoms with Crippen molar-refractivity contribution in [2.75, 3.05) is 0 Å². The van der Waals surface area contributed by atoms with Crippen LogP contribution in [0.3, 0.4) is 0 Å². The summed E-state index contributed by atoms with van der Waals surface area (Å²) in [6.07, 6.45) is 0. The fourth-order valence-electron chi connectivity index (χ4n) is 2.38. The van der Waals surface area contributed by atoms with Gasteiger partial charge in [0.2, 0.25) is 5.78 Å². The molecule has 0 saturated heterocycles. The van der Waals surface area contributed by atoms with Gasteiger partial charge in [0.05, 0.1) is 26.1 Å². The van der Waals surface area contributed by atoms with Crippen LogP contribution in [0.1, 0.15) is 31.8 Å². The van der Waals surface area contributed by atoms with Crippen LogP contribution in [0.5, 0.6) is 0 Å². The summed E-state index contributed by atoms with van der Waals surface area (Å²) in [5, 5.41) is 11.2. The maximum Gasteiger partial charge on any atom is 0.281 e. The Bertz CT molecular complexity index is 845. The minimum Gasteiger partial charge on any atom is -0.288 e. The number of carbonyl (C=O) groups excluding carboxylic acids is 2. The molecule has 7 heteroatoms. The van der Waals surface area contributed by atoms with Crippen molar-refractivity contribution in [1.82, 2.24) is 0 Å². The second-order valence-electron chi connectivity index (χ2n) is 4.39. The van der Waals surface area contributed by atoms with E-state index >= 15 is 0 Å². The molecule has 0 N–H and O–H groups in total. The second kappa shape index (κ2) is 4.65. The molecule has 3 rings (SSSR count). The topological polar surface area (TPSA) is 77.3 Å². The molecule has 1 aliphatic carbocycles. The average molecular weight is 322 g/mol. The molecule has 0 fully saturated rings. The molecular formula is C14H5Cl2NO4. The van der Waals surface area contributed by atoms with Crippen LogP contribution in [0.15, 0.2) is 30.3 Å². The number of fused-ring (bicyclic) bond motifs is 2. The standard InChI is InChI=1S/C14H5Cl2NO4/c15-7-4-5-8(16)12-11(7)13(18)6-2-1-3-9(17(20)21)10(6)14(12)19/h1-5H. The number of nitro groups is 1. The molecule has 0 radical (unpaired) electrons. The van der Waals surface area contributed by atoms with Crippen molar-refractivity contribution in [2.24, 2.45) is 0 Å². The van der Waals surface area contributed by atoms with Crippen molar-refractivity contribution in [3.8, 4) is 0 Å². The van der Waals surface area contributed by atoms with Crippen LogP contribution in [-0.4, -0.2) is 16.5 Å². The summed E-state index contributed by atoms with van der Waals surface area (Å²) in [6.45, 7) is 0. The van der Waals surface area contributed by atoms with Gasteiger partial charge in [-0.2, -0.15) is 0 Å². The number of carbonyl (C=O) groups is 2. The first-order valence-corrected chi connectivity index (χ1v) is 6.54. The molecular weight excluding hydrogens is 317 g/mol. The van der Waals surface area contributed by atoms with Gasteiger partial charge < -0.3 is 0 Å². The Labute approximate surface area is 128 Å². The minimum absolute atomic E-state index is 0.0119. The zero-order chi connectivity index (χ0) is 15.3. The van der Waals surface area contributed by atoms with Gasteiger partial charge in [0, 0.05) is 11.6 Å². The number of nitrogens with zero attached hydrogens (tertiary/aromatic N) is 1. The van der Waals surface area contributed by atoms with Gasteiger partial charge in [0.25, 0.3) is 5.69 Å². The Balaban J connectivity index is 2.42. The van der Waals surface area contributed by atoms with Gasteiger partial charge in [-0.1, -0.05) is 29.3 Å². The third-order valence-corrected chi connectivity index (χ3v) is 3.90. The first-order valence-electron chi connectivity index (χ1n) is 5.78. The highest BCUT2D eigenvalue weighted by atomic mass is 35.5. The minimum atomic E-state index is -0.701. The first kappa shape index (κ1) is 13.7. The van der Waals surface area contributed by atoms with Crippen LogP contribution in [0.2, 0.25) is 10.0 Å². The van der Waals surface area contributed by atoms with E-state index in [0.29, 0.717) is 0 Å². The molecule has 0 heterocycles. The summed E-state index contributed by atoms with van der Waals surface area (Å²) >= 11 is 11.9. The van der Waals surface area contributed by atoms with Crippen LogP contribution in [0, 0.1) is 10.1 Å². The van der Waals surface area contributed by atoms with Crippen LogP contribution < -0.4 is 0 Å². The average Bonchev–Trinajstić information content (AvgIpc) is 2.46. The van der Waals surface area contributed by atoms with Gasteiger partial charge in [0.1, 0.15) is 5.56 Å². The highest BCUT2D eigenvalue weighted by Crippen LogP contribution is 2.38. The lowest BCUT2D eigenvalue weighted by molar-refractivity contribution is -0.385. The zero-order valence-electron chi connectivity index (χ0n) is 10.2. The summed E-state index contributed by atoms with van der Waals surface area (Å²) in [4.78, 5) is 35.4. The number of benzene rings is 2. The summed E-state index contributed by atoms with van der Waals surface area (Å²) in [5.41, 5.74) is -0.805. The van der Waals surface area contributed by atoms with Crippen molar-refractivity contribution in [3.05, 3.63) is 72.7 Å². The monoisotopic (exact) mass is 321 g/mol. The van der Waals surface area contributed by atoms with Crippen molar-refractivity contribution < 1.29 is 14.5 Å². The normalized spacial score (nSPS) is 12.9. The van der Waals surface area contributed by atoms with Crippen LogP contribution in [0.4, 0.5) is 5.69 Å². The Hall–Kier alpha value is -2.24. The van der Waals surface area contributed by atoms with Crippen LogP contribution >= 0.6 is 23.2 Å². The molecule has 5 nitrogen and oxygen atoms in total. The van der Waals surface area contributed by atoms with Crippen LogP contribution in [0.25, 0.3) is 0 Å². The van der Waals surface area contributed by atoms with Gasteiger partial charge in [-0.25, -0.2) is 0 Å². The van der Waals surface area contributed by atoms with E-state index in [-0.39, 0.29) is 32.3 Å². The molecule has 0 saturated carbocycles. The Kier molecular flexibility index (Phi) is 3.04. The van der Waals surface area contributed by atoms with Crippen molar-refractivity contribution in [1.29, 1.82) is 0 Å². The van der Waals surface area contributed by atoms with Gasteiger partial charge in [0.15, 0.2) is 5.78 Å². The number of hydrogen-bond acceptors (Lipinski definition) is 4. The molecule has 0 bridgehead atoms. The predicted molar refractivity (Wildman–Crippen MR) is 76.4 cm³/mol. The largest absolute Gasteiger partial charge is 0.288 e. The summed E-state index contributed by atoms with van der Waals surface area (Å²) in [7, 11) is 0. The first-order chi connectivity index (χ1) is 9.93. The molecule has 2 aromatic carbocycles. The number of rotatable bonds is 1. The SMILES string of the molecule is O=C1c2cccc([N+](=O)[O-])c2C(=O)c2c(Cl)ccc(Cl)c21. The van der Waals surface area contributed by atoms with E-state index in [4.69, 9.17) is 23.2 Å². The summed E-state index contributed by atoms with van der Waals surface area (Å²) in [5.74, 6) is -1.21. The lowest BCUT2D eigenvalue weighted by Crippen LogP contribution is -2.23. The van der Waals surface area contributed by atoms with E-state index < -0.39 is 22.2 Å². The fraction of sp³-hybridized carbons (Fsp3) is 0. The third kappa shape index (κ3) is 1.86. The summed E-state index contributed by atoms with van der Waals surface area (Å²) in [6, 6.07) is 6.69. The van der Waals surface area contributed by atoms with Crippen molar-refractivity contribution >= 4 is 40.5 Å². The van der Waals surface area contributed by atoms with E-state index in [0.717, 1.165) is 0 Å². The Morgan fingerprint density at radius 1 is 0.857 bits per heavy atom. The van der Waals surface area contributed by atoms with E-state index in [2.05, 4.69) is 0 Å². The van der Waals surface area contributed by atoms with Gasteiger partial charge >= 0.3 is 0 Å². The van der Waals surface area contributed by atoms with E-state index in [1.807, 2.05) is 0 Å². The number of nitro benzene ring substituents is 1. The number of halogens is 2. The van der Waals surface area contributed by atoms with Gasteiger partial charge in [-0.05, 0) is 18.2 Å². The fourth-order valence-corrected chi connectivity index (χ4v) is 2.86. The maximum absolute atomic E-state index is 12.6. The molecule has 0 spiro atoms. The van der Waals surface area contributed by atoms with E-state index in [1.165, 1.54) is 30.3 Å². The summed E-state index contributed by atoms with van der Waals surface area (Å²) < 4.78 is 0. The number of ketones is 2. The molecule has 0 unspecified atom stereocenters. The molecule has 0 amide bonds. The van der Waals surface area contributed by atoms with Gasteiger partial charge in [-0.15, -0.1) is 0 Å². The smallest absolute Gasteiger partial charge is 0.281 e. The molecule has 2 aromatic rings. The zero-order valence-corrected chi connectivity index (χ0v) is 11.7. The Morgan fingerprint density at radius 3 is 2.00 bits per heavy atom. The maximum atomic E-state index is 12.6. The lowest BCUT2D eigenvalue weighted by atomic mass is 9.83. The molecule has 0 aromatic heterocycles. The predicted octanol–water partition coefficient (Wildman–Crippen LogP) is 3.68. The highest BCUT2D eigenvalue weighted by molar-refractivity contribution is 6.43. The highest BCUT2D eigenvalue weighted by Gasteiger charge is 2.37. The molecule has 104 valence electrons. The third-order valence-electron chi connectivity index (χ3n) is 3.27. The molecule has 0 aliphatic heterocycles. The lowest BCUT2D eigenvalue weighted by Gasteiger charge is -2.19. The second-order valence-corrected chi connectivity index (χ2v) is 5.21. The number of hydrogen-bond donors (Lipinski definition) is 0. The van der Waals surface area contributed by atoms with Crippen LogP contribution in [-0.2, 0) is 0 Å².